The van der Waals surface area contributed by atoms with Crippen molar-refractivity contribution in [2.45, 2.75) is 32.0 Å². The van der Waals surface area contributed by atoms with E-state index in [0.29, 0.717) is 29.7 Å². The quantitative estimate of drug-likeness (QED) is 0.842. The van der Waals surface area contributed by atoms with Crippen LogP contribution in [-0.2, 0) is 0 Å². The number of likely N-dealkylation sites (tertiary alicyclic amines) is 1. The number of ether oxygens (including phenoxy) is 1. The Balaban J connectivity index is 1.29. The van der Waals surface area contributed by atoms with Gasteiger partial charge in [-0.2, -0.15) is 0 Å². The maximum Gasteiger partial charge on any atom is 0.129 e. The minimum Gasteiger partial charge on any atom is -0.508 e. The Morgan fingerprint density at radius 2 is 1.78 bits per heavy atom. The summed E-state index contributed by atoms with van der Waals surface area (Å²) < 4.78 is 19.7. The zero-order valence-electron chi connectivity index (χ0n) is 15.5. The summed E-state index contributed by atoms with van der Waals surface area (Å²) in [7, 11) is 0. The third-order valence-electron chi connectivity index (χ3n) is 5.94. The minimum atomic E-state index is -0.549. The van der Waals surface area contributed by atoms with Crippen molar-refractivity contribution in [2.24, 2.45) is 11.8 Å². The number of benzene rings is 2. The van der Waals surface area contributed by atoms with Crippen LogP contribution >= 0.6 is 0 Å². The zero-order valence-corrected chi connectivity index (χ0v) is 15.5. The highest BCUT2D eigenvalue weighted by atomic mass is 19.1. The smallest absolute Gasteiger partial charge is 0.129 e. The summed E-state index contributed by atoms with van der Waals surface area (Å²) in [4.78, 5) is 2.31. The van der Waals surface area contributed by atoms with Crippen molar-refractivity contribution < 1.29 is 19.3 Å². The fraction of sp³-hybridized carbons (Fsp3) is 0.455. The van der Waals surface area contributed by atoms with Gasteiger partial charge in [0.15, 0.2) is 0 Å². The van der Waals surface area contributed by atoms with Crippen LogP contribution in [0.3, 0.4) is 0 Å². The van der Waals surface area contributed by atoms with Gasteiger partial charge in [-0.05, 0) is 60.9 Å². The number of β-amino-alcohol motifs (C(OH)–C–C–N with tert-alkyl or cyclic N) is 1. The molecular weight excluding hydrogens is 345 g/mol. The van der Waals surface area contributed by atoms with Gasteiger partial charge >= 0.3 is 0 Å². The Labute approximate surface area is 159 Å². The molecule has 0 radical (unpaired) electrons. The van der Waals surface area contributed by atoms with Crippen molar-refractivity contribution in [3.63, 3.8) is 0 Å². The molecule has 2 aromatic carbocycles. The number of nitrogens with zero attached hydrogens (tertiary/aromatic N) is 1. The van der Waals surface area contributed by atoms with Gasteiger partial charge in [0.25, 0.3) is 0 Å². The summed E-state index contributed by atoms with van der Waals surface area (Å²) in [5.74, 6) is 1.73. The van der Waals surface area contributed by atoms with Crippen LogP contribution in [0.1, 0.15) is 30.1 Å². The van der Waals surface area contributed by atoms with Gasteiger partial charge in [0.2, 0.25) is 0 Å². The van der Waals surface area contributed by atoms with Gasteiger partial charge in [-0.15, -0.1) is 0 Å². The maximum atomic E-state index is 13.7. The number of aliphatic hydroxyl groups excluding tert-OH is 1. The molecule has 1 saturated heterocycles. The number of halogens is 1. The lowest BCUT2D eigenvalue weighted by Crippen LogP contribution is -2.28. The average Bonchev–Trinajstić information content (AvgIpc) is 3.16. The molecule has 4 rings (SSSR count). The highest BCUT2D eigenvalue weighted by Crippen LogP contribution is 2.40. The summed E-state index contributed by atoms with van der Waals surface area (Å²) in [5, 5.41) is 19.8. The van der Waals surface area contributed by atoms with E-state index in [-0.39, 0.29) is 17.7 Å². The van der Waals surface area contributed by atoms with Gasteiger partial charge in [0.05, 0.1) is 12.2 Å². The van der Waals surface area contributed by atoms with E-state index < -0.39 is 6.10 Å². The van der Waals surface area contributed by atoms with Crippen molar-refractivity contribution in [3.8, 4) is 11.5 Å². The highest BCUT2D eigenvalue weighted by Gasteiger charge is 2.42. The van der Waals surface area contributed by atoms with E-state index in [0.717, 1.165) is 31.5 Å². The number of fused-ring (bicyclic) bond motifs is 1. The number of aliphatic hydroxyl groups is 1. The number of hydrogen-bond donors (Lipinski definition) is 2. The standard InChI is InChI=1S/C22H26FNO3/c1-14-2-7-19(10-21(14)23)27-20-8-16-11-24(12-17(16)9-20)13-22(26)15-3-5-18(25)6-4-15/h2-7,10,16-17,20,22,25-26H,8-9,11-13H2,1H3/t16-,17+,20?,22?. The Bertz CT molecular complexity index is 781. The summed E-state index contributed by atoms with van der Waals surface area (Å²) in [6, 6.07) is 11.8. The molecule has 0 spiro atoms. The van der Waals surface area contributed by atoms with Crippen molar-refractivity contribution in [1.29, 1.82) is 0 Å². The third kappa shape index (κ3) is 4.09. The van der Waals surface area contributed by atoms with E-state index in [9.17, 15) is 14.6 Å². The van der Waals surface area contributed by atoms with Crippen LogP contribution in [0.4, 0.5) is 4.39 Å². The van der Waals surface area contributed by atoms with Gasteiger partial charge in [-0.3, -0.25) is 4.90 Å². The molecule has 2 N–H and O–H groups in total. The first-order valence-corrected chi connectivity index (χ1v) is 9.60. The molecule has 4 nitrogen and oxygen atoms in total. The first-order chi connectivity index (χ1) is 13.0. The van der Waals surface area contributed by atoms with Crippen molar-refractivity contribution in [1.82, 2.24) is 4.90 Å². The van der Waals surface area contributed by atoms with Crippen molar-refractivity contribution in [2.75, 3.05) is 19.6 Å². The van der Waals surface area contributed by atoms with Crippen LogP contribution in [0.5, 0.6) is 11.5 Å². The lowest BCUT2D eigenvalue weighted by molar-refractivity contribution is 0.116. The maximum absolute atomic E-state index is 13.7. The average molecular weight is 371 g/mol. The van der Waals surface area contributed by atoms with Crippen LogP contribution in [0.2, 0.25) is 0 Å². The lowest BCUT2D eigenvalue weighted by atomic mass is 10.0. The van der Waals surface area contributed by atoms with Gasteiger partial charge in [0.1, 0.15) is 17.3 Å². The minimum absolute atomic E-state index is 0.145. The second-order valence-corrected chi connectivity index (χ2v) is 7.97. The predicted octanol–water partition coefficient (Wildman–Crippen LogP) is 3.66. The van der Waals surface area contributed by atoms with Gasteiger partial charge < -0.3 is 14.9 Å². The topological polar surface area (TPSA) is 52.9 Å². The van der Waals surface area contributed by atoms with Crippen LogP contribution in [-0.4, -0.2) is 40.9 Å². The molecule has 144 valence electrons. The molecule has 0 amide bonds. The zero-order chi connectivity index (χ0) is 19.0. The molecule has 0 aromatic heterocycles. The van der Waals surface area contributed by atoms with Gasteiger partial charge in [-0.1, -0.05) is 18.2 Å². The van der Waals surface area contributed by atoms with Gasteiger partial charge in [0, 0.05) is 25.7 Å². The second kappa shape index (κ2) is 7.49. The van der Waals surface area contributed by atoms with E-state index in [2.05, 4.69) is 4.90 Å². The fourth-order valence-electron chi connectivity index (χ4n) is 4.47. The molecule has 1 aliphatic heterocycles. The summed E-state index contributed by atoms with van der Waals surface area (Å²) in [6.45, 7) is 4.27. The number of phenols is 1. The monoisotopic (exact) mass is 371 g/mol. The molecule has 27 heavy (non-hydrogen) atoms. The lowest BCUT2D eigenvalue weighted by Gasteiger charge is -2.22. The molecule has 5 heteroatoms. The molecule has 1 heterocycles. The van der Waals surface area contributed by atoms with E-state index in [4.69, 9.17) is 4.74 Å². The van der Waals surface area contributed by atoms with Crippen LogP contribution in [0.15, 0.2) is 42.5 Å². The van der Waals surface area contributed by atoms with Crippen LogP contribution < -0.4 is 4.74 Å². The molecule has 2 aromatic rings. The van der Waals surface area contributed by atoms with E-state index >= 15 is 0 Å². The Morgan fingerprint density at radius 3 is 2.41 bits per heavy atom. The summed E-state index contributed by atoms with van der Waals surface area (Å²) in [5.41, 5.74) is 1.46. The Kier molecular flexibility index (Phi) is 5.06. The predicted molar refractivity (Wildman–Crippen MR) is 101 cm³/mol. The summed E-state index contributed by atoms with van der Waals surface area (Å²) in [6.07, 6.45) is 1.55. The first kappa shape index (κ1) is 18.3. The van der Waals surface area contributed by atoms with E-state index in [1.165, 1.54) is 6.07 Å². The highest BCUT2D eigenvalue weighted by molar-refractivity contribution is 5.29. The Morgan fingerprint density at radius 1 is 1.11 bits per heavy atom. The van der Waals surface area contributed by atoms with Crippen LogP contribution in [0.25, 0.3) is 0 Å². The number of rotatable bonds is 5. The molecule has 2 aliphatic rings. The van der Waals surface area contributed by atoms with Crippen molar-refractivity contribution >= 4 is 0 Å². The third-order valence-corrected chi connectivity index (χ3v) is 5.94. The number of aryl methyl sites for hydroxylation is 1. The Hall–Kier alpha value is -2.11. The molecule has 1 aliphatic carbocycles. The number of phenolic OH excluding ortho intramolecular Hbond substituents is 1. The SMILES string of the molecule is Cc1ccc(OC2C[C@@H]3CN(CC(O)c4ccc(O)cc4)C[C@@H]3C2)cc1F. The largest absolute Gasteiger partial charge is 0.508 e. The molecule has 0 bridgehead atoms. The van der Waals surface area contributed by atoms with E-state index in [1.54, 1.807) is 37.3 Å². The number of aromatic hydroxyl groups is 1. The van der Waals surface area contributed by atoms with Gasteiger partial charge in [-0.25, -0.2) is 4.39 Å². The normalized spacial score (nSPS) is 26.1. The molecular formula is C22H26FNO3. The molecule has 2 fully saturated rings. The van der Waals surface area contributed by atoms with Crippen molar-refractivity contribution in [3.05, 3.63) is 59.4 Å². The molecule has 2 unspecified atom stereocenters. The molecule has 4 atom stereocenters. The first-order valence-electron chi connectivity index (χ1n) is 9.60. The van der Waals surface area contributed by atoms with Crippen LogP contribution in [0, 0.1) is 24.6 Å². The van der Waals surface area contributed by atoms with E-state index in [1.807, 2.05) is 6.07 Å². The fourth-order valence-corrected chi connectivity index (χ4v) is 4.47. The molecule has 1 saturated carbocycles. The number of hydrogen-bond acceptors (Lipinski definition) is 4. The summed E-state index contributed by atoms with van der Waals surface area (Å²) >= 11 is 0. The second-order valence-electron chi connectivity index (χ2n) is 7.97.